The number of ether oxygens (including phenoxy) is 1. The van der Waals surface area contributed by atoms with Crippen LogP contribution in [0.3, 0.4) is 0 Å². The number of hydrogen-bond donors (Lipinski definition) is 1. The monoisotopic (exact) mass is 303 g/mol. The fourth-order valence-electron chi connectivity index (χ4n) is 1.58. The van der Waals surface area contributed by atoms with Crippen molar-refractivity contribution in [2.45, 2.75) is 34.6 Å². The first kappa shape index (κ1) is 19.7. The van der Waals surface area contributed by atoms with Crippen molar-refractivity contribution in [3.8, 4) is 5.75 Å². The molecule has 0 atom stereocenters. The van der Waals surface area contributed by atoms with E-state index in [1.807, 2.05) is 58.9 Å². The molecule has 0 bridgehead atoms. The van der Waals surface area contributed by atoms with Crippen LogP contribution in [0.25, 0.3) is 0 Å². The van der Waals surface area contributed by atoms with Crippen LogP contribution >= 0.6 is 0 Å². The lowest BCUT2D eigenvalue weighted by atomic mass is 10.2. The van der Waals surface area contributed by atoms with Gasteiger partial charge in [-0.25, -0.2) is 0 Å². The molecule has 2 aromatic rings. The highest BCUT2D eigenvalue weighted by Crippen LogP contribution is 2.14. The number of rotatable bonds is 3. The molecule has 0 aliphatic rings. The maximum atomic E-state index is 11.9. The van der Waals surface area contributed by atoms with E-state index < -0.39 is 0 Å². The second-order valence-electron chi connectivity index (χ2n) is 4.05. The van der Waals surface area contributed by atoms with Gasteiger partial charge >= 0.3 is 0 Å². The zero-order valence-electron chi connectivity index (χ0n) is 14.4. The van der Waals surface area contributed by atoms with E-state index in [1.165, 1.54) is 0 Å². The van der Waals surface area contributed by atoms with Gasteiger partial charge in [0.15, 0.2) is 0 Å². The number of amides is 1. The fraction of sp³-hybridized carbons (Fsp3) is 0.316. The van der Waals surface area contributed by atoms with Crippen LogP contribution in [-0.2, 0) is 0 Å². The number of anilines is 1. The lowest BCUT2D eigenvalue weighted by Crippen LogP contribution is -2.11. The molecule has 1 N–H and O–H groups in total. The van der Waals surface area contributed by atoms with E-state index in [9.17, 15) is 4.79 Å². The molecule has 0 fully saturated rings. The Balaban J connectivity index is 0. The molecular weight excluding hydrogens is 274 g/mol. The van der Waals surface area contributed by atoms with Crippen molar-refractivity contribution >= 4 is 11.6 Å². The second kappa shape index (κ2) is 11.4. The molecule has 0 radical (unpaired) electrons. The summed E-state index contributed by atoms with van der Waals surface area (Å²) in [5.41, 5.74) is 2.57. The molecule has 0 unspecified atom stereocenters. The first-order valence-corrected chi connectivity index (χ1v) is 7.71. The third kappa shape index (κ3) is 6.44. The van der Waals surface area contributed by atoms with E-state index in [1.54, 1.807) is 31.4 Å². The van der Waals surface area contributed by atoms with E-state index in [-0.39, 0.29) is 7.33 Å². The lowest BCUT2D eigenvalue weighted by molar-refractivity contribution is 0.102. The number of aryl methyl sites for hydroxylation is 1. The van der Waals surface area contributed by atoms with Crippen molar-refractivity contribution < 1.29 is 11.0 Å². The first-order chi connectivity index (χ1) is 10.7. The fourth-order valence-corrected chi connectivity index (χ4v) is 1.58. The molecule has 22 heavy (non-hydrogen) atoms. The number of benzene rings is 2. The normalized spacial score (nSPS) is 8.64. The van der Waals surface area contributed by atoms with Gasteiger partial charge < -0.3 is 10.1 Å². The summed E-state index contributed by atoms with van der Waals surface area (Å²) in [6.45, 7) is 10.0. The van der Waals surface area contributed by atoms with Crippen LogP contribution in [0.1, 0.15) is 45.0 Å². The third-order valence-corrected chi connectivity index (χ3v) is 2.66. The average molecular weight is 303 g/mol. The van der Waals surface area contributed by atoms with Crippen LogP contribution in [-0.4, -0.2) is 13.0 Å². The predicted molar refractivity (Wildman–Crippen MR) is 96.9 cm³/mol. The van der Waals surface area contributed by atoms with Crippen molar-refractivity contribution in [2.24, 2.45) is 0 Å². The molecule has 3 nitrogen and oxygen atoms in total. The number of methoxy groups -OCH3 is 1. The molecule has 0 saturated carbocycles. The Morgan fingerprint density at radius 3 is 1.86 bits per heavy atom. The maximum absolute atomic E-state index is 11.9. The van der Waals surface area contributed by atoms with Crippen LogP contribution in [0.4, 0.5) is 5.69 Å². The van der Waals surface area contributed by atoms with Gasteiger partial charge in [0.2, 0.25) is 0 Å². The Labute approximate surface area is 135 Å². The molecule has 0 spiro atoms. The summed E-state index contributed by atoms with van der Waals surface area (Å²) in [5.74, 6) is 0.614. The number of carbonyl (C=O) groups excluding carboxylic acids is 1. The molecule has 0 aromatic heterocycles. The second-order valence-corrected chi connectivity index (χ2v) is 4.05. The van der Waals surface area contributed by atoms with Gasteiger partial charge in [0.25, 0.3) is 5.91 Å². The summed E-state index contributed by atoms with van der Waals surface area (Å²) in [6.07, 6.45) is 0. The zero-order chi connectivity index (χ0) is 17.0. The van der Waals surface area contributed by atoms with E-state index in [0.29, 0.717) is 5.56 Å². The molecule has 2 aromatic carbocycles. The Bertz CT molecular complexity index is 536. The Morgan fingerprint density at radius 1 is 0.909 bits per heavy atom. The van der Waals surface area contributed by atoms with Crippen molar-refractivity contribution in [3.63, 3.8) is 0 Å². The van der Waals surface area contributed by atoms with Gasteiger partial charge in [-0.05, 0) is 43.3 Å². The summed E-state index contributed by atoms with van der Waals surface area (Å²) >= 11 is 0. The van der Waals surface area contributed by atoms with Crippen molar-refractivity contribution in [3.05, 3.63) is 59.7 Å². The molecule has 1 amide bonds. The smallest absolute Gasteiger partial charge is 0.255 e. The predicted octanol–water partition coefficient (Wildman–Crippen LogP) is 5.55. The molecule has 122 valence electrons. The average Bonchev–Trinajstić information content (AvgIpc) is 2.60. The Hall–Kier alpha value is -2.29. The molecular formula is C19H29NO2. The number of carbonyl (C=O) groups is 1. The van der Waals surface area contributed by atoms with Crippen LogP contribution in [0, 0.1) is 6.92 Å². The highest BCUT2D eigenvalue weighted by molar-refractivity contribution is 6.04. The van der Waals surface area contributed by atoms with E-state index in [2.05, 4.69) is 5.32 Å². The van der Waals surface area contributed by atoms with Crippen LogP contribution in [0.5, 0.6) is 5.75 Å². The molecule has 3 heteroatoms. The maximum Gasteiger partial charge on any atom is 0.255 e. The quantitative estimate of drug-likeness (QED) is 0.806. The van der Waals surface area contributed by atoms with Crippen LogP contribution < -0.4 is 10.1 Å². The van der Waals surface area contributed by atoms with Gasteiger partial charge in [-0.3, -0.25) is 4.79 Å². The molecule has 0 saturated heterocycles. The number of hydrogen-bond acceptors (Lipinski definition) is 2. The lowest BCUT2D eigenvalue weighted by Gasteiger charge is -2.06. The molecule has 2 rings (SSSR count). The largest absolute Gasteiger partial charge is 0.497 e. The molecule has 0 aliphatic heterocycles. The van der Waals surface area contributed by atoms with Crippen molar-refractivity contribution in [1.82, 2.24) is 0 Å². The minimum absolute atomic E-state index is 0. The van der Waals surface area contributed by atoms with E-state index >= 15 is 0 Å². The minimum Gasteiger partial charge on any atom is -0.497 e. The first-order valence-electron chi connectivity index (χ1n) is 7.71. The highest BCUT2D eigenvalue weighted by Gasteiger charge is 2.05. The Morgan fingerprint density at radius 2 is 1.41 bits per heavy atom. The van der Waals surface area contributed by atoms with Gasteiger partial charge in [-0.1, -0.05) is 45.4 Å². The molecule has 0 aliphatic carbocycles. The standard InChI is InChI=1S/C15H15NO2.2C2H6.H2/c1-11-3-7-13(8-4-11)16-15(17)12-5-9-14(18-2)10-6-12;2*1-2;/h3-10H,1-2H3,(H,16,17);2*1-2H3;1H. The van der Waals surface area contributed by atoms with E-state index in [0.717, 1.165) is 17.0 Å². The summed E-state index contributed by atoms with van der Waals surface area (Å²) in [4.78, 5) is 11.9. The number of nitrogens with one attached hydrogen (secondary N) is 1. The van der Waals surface area contributed by atoms with E-state index in [4.69, 9.17) is 4.74 Å². The zero-order valence-corrected chi connectivity index (χ0v) is 14.4. The summed E-state index contributed by atoms with van der Waals surface area (Å²) in [5, 5.41) is 2.84. The third-order valence-electron chi connectivity index (χ3n) is 2.66. The molecule has 0 heterocycles. The minimum atomic E-state index is -0.124. The van der Waals surface area contributed by atoms with Gasteiger partial charge in [0.1, 0.15) is 5.75 Å². The van der Waals surface area contributed by atoms with Crippen molar-refractivity contribution in [1.29, 1.82) is 0 Å². The Kier molecular flexibility index (Phi) is 10.2. The van der Waals surface area contributed by atoms with Gasteiger partial charge in [-0.15, -0.1) is 0 Å². The van der Waals surface area contributed by atoms with Gasteiger partial charge in [0.05, 0.1) is 7.11 Å². The van der Waals surface area contributed by atoms with Crippen LogP contribution in [0.2, 0.25) is 0 Å². The SMILES string of the molecule is CC.CC.COc1ccc(C(=O)Nc2ccc(C)cc2)cc1.[HH]. The van der Waals surface area contributed by atoms with Gasteiger partial charge in [0, 0.05) is 12.7 Å². The van der Waals surface area contributed by atoms with Crippen molar-refractivity contribution in [2.75, 3.05) is 12.4 Å². The summed E-state index contributed by atoms with van der Waals surface area (Å²) in [7, 11) is 1.60. The van der Waals surface area contributed by atoms with Crippen LogP contribution in [0.15, 0.2) is 48.5 Å². The summed E-state index contributed by atoms with van der Waals surface area (Å²) < 4.78 is 5.05. The van der Waals surface area contributed by atoms with Gasteiger partial charge in [-0.2, -0.15) is 0 Å². The highest BCUT2D eigenvalue weighted by atomic mass is 16.5. The summed E-state index contributed by atoms with van der Waals surface area (Å²) in [6, 6.07) is 14.7. The topological polar surface area (TPSA) is 38.3 Å².